The van der Waals surface area contributed by atoms with Crippen molar-refractivity contribution in [2.45, 2.75) is 6.92 Å². The van der Waals surface area contributed by atoms with E-state index in [1.54, 1.807) is 11.3 Å². The van der Waals surface area contributed by atoms with Crippen molar-refractivity contribution in [2.75, 3.05) is 0 Å². The van der Waals surface area contributed by atoms with Gasteiger partial charge in [0.05, 0.1) is 66.9 Å². The summed E-state index contributed by atoms with van der Waals surface area (Å²) in [4.78, 5) is 0. The maximum absolute atomic E-state index is 12.9. The summed E-state index contributed by atoms with van der Waals surface area (Å²) in [7, 11) is 0. The maximum Gasteiger partial charge on any atom is 0.104 e. The number of fused-ring (bicyclic) bond motifs is 17. The molecule has 0 saturated heterocycles. The minimum absolute atomic E-state index is 0.422. The van der Waals surface area contributed by atoms with Gasteiger partial charge in [-0.2, -0.15) is 10.5 Å². The molecule has 0 saturated carbocycles. The lowest BCUT2D eigenvalue weighted by Gasteiger charge is -2.27. The number of aromatic nitrogens is 4. The highest BCUT2D eigenvalue weighted by Crippen LogP contribution is 2.51. The summed E-state index contributed by atoms with van der Waals surface area (Å²) in [6, 6.07) is 90.0. The van der Waals surface area contributed by atoms with Crippen molar-refractivity contribution < 1.29 is 0 Å². The van der Waals surface area contributed by atoms with Crippen LogP contribution in [-0.4, -0.2) is 18.3 Å². The highest BCUT2D eigenvalue weighted by molar-refractivity contribution is 7.26. The number of para-hydroxylation sites is 6. The smallest absolute Gasteiger partial charge is 0.104 e. The number of nitriles is 2. The van der Waals surface area contributed by atoms with Gasteiger partial charge in [0.25, 0.3) is 0 Å². The average Bonchev–Trinajstić information content (AvgIpc) is 4.49. The Morgan fingerprint density at radius 3 is 1.18 bits per heavy atom. The van der Waals surface area contributed by atoms with E-state index in [9.17, 15) is 10.5 Å². The summed E-state index contributed by atoms with van der Waals surface area (Å²) in [5.41, 5.74) is 14.1. The van der Waals surface area contributed by atoms with Crippen molar-refractivity contribution in [3.05, 3.63) is 253 Å². The fourth-order valence-electron chi connectivity index (χ4n) is 13.7. The molecule has 0 aliphatic rings. The van der Waals surface area contributed by atoms with E-state index in [1.807, 2.05) is 0 Å². The zero-order valence-corrected chi connectivity index (χ0v) is 43.9. The molecule has 0 atom stereocenters. The van der Waals surface area contributed by atoms with E-state index >= 15 is 0 Å². The molecule has 5 aromatic heterocycles. The van der Waals surface area contributed by atoms with Gasteiger partial charge in [0.1, 0.15) is 23.3 Å². The second-order valence-corrected chi connectivity index (χ2v) is 22.0. The van der Waals surface area contributed by atoms with Gasteiger partial charge in [-0.1, -0.05) is 182 Å². The number of aryl methyl sites for hydroxylation is 1. The van der Waals surface area contributed by atoms with Gasteiger partial charge in [-0.3, -0.25) is 0 Å². The summed E-state index contributed by atoms with van der Waals surface area (Å²) >= 11 is 1.81. The van der Waals surface area contributed by atoms with Gasteiger partial charge in [0.15, 0.2) is 0 Å². The fraction of sp³-hybridized carbons (Fsp3) is 0.0137. The Morgan fingerprint density at radius 2 is 0.713 bits per heavy atom. The van der Waals surface area contributed by atoms with Crippen LogP contribution < -0.4 is 0 Å². The Balaban J connectivity index is 1.18. The molecule has 0 aliphatic carbocycles. The lowest BCUT2D eigenvalue weighted by molar-refractivity contribution is 1.02. The van der Waals surface area contributed by atoms with Crippen LogP contribution in [0.25, 0.3) is 152 Å². The predicted octanol–water partition coefficient (Wildman–Crippen LogP) is 19.3. The van der Waals surface area contributed by atoms with Gasteiger partial charge in [-0.25, -0.2) is 0 Å². The van der Waals surface area contributed by atoms with Crippen LogP contribution in [0.3, 0.4) is 0 Å². The minimum atomic E-state index is 0.422. The molecule has 6 nitrogen and oxygen atoms in total. The van der Waals surface area contributed by atoms with Crippen LogP contribution in [0.1, 0.15) is 16.7 Å². The molecule has 0 bridgehead atoms. The van der Waals surface area contributed by atoms with Crippen LogP contribution in [0.5, 0.6) is 0 Å². The molecule has 0 aliphatic heterocycles. The van der Waals surface area contributed by atoms with Crippen LogP contribution in [0.4, 0.5) is 0 Å². The number of rotatable bonds is 5. The summed E-state index contributed by atoms with van der Waals surface area (Å²) in [6.45, 7) is 2.20. The Kier molecular flexibility index (Phi) is 9.25. The molecule has 370 valence electrons. The second kappa shape index (κ2) is 16.7. The molecule has 17 rings (SSSR count). The van der Waals surface area contributed by atoms with Crippen LogP contribution in [0.15, 0.2) is 237 Å². The van der Waals surface area contributed by atoms with Gasteiger partial charge in [-0.05, 0) is 89.0 Å². The number of hydrogen-bond acceptors (Lipinski definition) is 3. The van der Waals surface area contributed by atoms with Crippen molar-refractivity contribution in [3.63, 3.8) is 0 Å². The van der Waals surface area contributed by atoms with Gasteiger partial charge in [0.2, 0.25) is 0 Å². The first-order valence-corrected chi connectivity index (χ1v) is 27.8. The standard InChI is InChI=1S/C73H42N6S/c1-43-34-35-44-18-2-3-19-46(44)67(43)45-36-37-55-65(40-45)79(64-39-38-54-53-26-10-17-33-66(53)80-73(54)68(55)64)72-57(42-75)70(77-60-29-13-6-22-49(60)50-23-7-14-30-61(50)77)69(76-58-27-11-4-20-47(58)48-21-5-12-28-59(48)76)56(41-74)71(72)78-62-31-15-8-24-51(62)52-25-9-16-32-63(52)78/h2-40H,1H3. The first-order valence-electron chi connectivity index (χ1n) is 27.0. The number of hydrogen-bond donors (Lipinski definition) is 0. The largest absolute Gasteiger partial charge is 0.306 e. The molecule has 17 aromatic rings. The van der Waals surface area contributed by atoms with E-state index in [2.05, 4.69) is 274 Å². The van der Waals surface area contributed by atoms with Gasteiger partial charge < -0.3 is 18.3 Å². The van der Waals surface area contributed by atoms with Gasteiger partial charge >= 0.3 is 0 Å². The third-order valence-electron chi connectivity index (χ3n) is 17.0. The maximum atomic E-state index is 12.9. The van der Waals surface area contributed by atoms with E-state index in [0.717, 1.165) is 109 Å². The van der Waals surface area contributed by atoms with Crippen molar-refractivity contribution in [1.29, 1.82) is 10.5 Å². The number of thiophene rings is 1. The molecular formula is C73H42N6S. The van der Waals surface area contributed by atoms with Crippen molar-refractivity contribution in [2.24, 2.45) is 0 Å². The highest BCUT2D eigenvalue weighted by atomic mass is 32.1. The Morgan fingerprint density at radius 1 is 0.325 bits per heavy atom. The average molecular weight is 1040 g/mol. The molecule has 5 heterocycles. The van der Waals surface area contributed by atoms with Crippen molar-refractivity contribution in [1.82, 2.24) is 18.3 Å². The molecule has 7 heteroatoms. The Labute approximate surface area is 461 Å². The number of nitrogens with zero attached hydrogens (tertiary/aromatic N) is 6. The quantitative estimate of drug-likeness (QED) is 0.172. The lowest BCUT2D eigenvalue weighted by atomic mass is 9.93. The summed E-state index contributed by atoms with van der Waals surface area (Å²) in [5.74, 6) is 0. The van der Waals surface area contributed by atoms with E-state index in [-0.39, 0.29) is 0 Å². The molecule has 0 amide bonds. The third kappa shape index (κ3) is 5.88. The summed E-state index contributed by atoms with van der Waals surface area (Å²) in [6.07, 6.45) is 0. The second-order valence-electron chi connectivity index (χ2n) is 21.0. The third-order valence-corrected chi connectivity index (χ3v) is 18.2. The zero-order chi connectivity index (χ0) is 52.9. The molecule has 0 N–H and O–H groups in total. The van der Waals surface area contributed by atoms with Crippen LogP contribution in [0.2, 0.25) is 0 Å². The summed E-state index contributed by atoms with van der Waals surface area (Å²) < 4.78 is 11.5. The van der Waals surface area contributed by atoms with E-state index in [1.165, 1.54) is 25.6 Å². The Bertz CT molecular complexity index is 5500. The molecular weight excluding hydrogens is 993 g/mol. The zero-order valence-electron chi connectivity index (χ0n) is 43.1. The summed E-state index contributed by atoms with van der Waals surface area (Å²) in [5, 5.41) is 38.9. The molecule has 0 fully saturated rings. The first-order chi connectivity index (χ1) is 39.6. The normalized spacial score (nSPS) is 12.0. The predicted molar refractivity (Wildman–Crippen MR) is 334 cm³/mol. The Hall–Kier alpha value is -10.7. The lowest BCUT2D eigenvalue weighted by Crippen LogP contribution is -2.16. The number of benzene rings is 12. The topological polar surface area (TPSA) is 67.3 Å². The molecule has 0 spiro atoms. The first kappa shape index (κ1) is 44.4. The van der Waals surface area contributed by atoms with Crippen LogP contribution in [-0.2, 0) is 0 Å². The fourth-order valence-corrected chi connectivity index (χ4v) is 15.0. The minimum Gasteiger partial charge on any atom is -0.306 e. The van der Waals surface area contributed by atoms with Crippen LogP contribution >= 0.6 is 11.3 Å². The molecule has 80 heavy (non-hydrogen) atoms. The SMILES string of the molecule is Cc1ccc2ccccc2c1-c1ccc2c3c4sc5ccccc5c4ccc3n(-c3c(C#N)c(-n4c5ccccc5c5ccccc54)c(-n4c5ccccc5c5ccccc54)c(C#N)c3-n3c4ccccc4c4ccccc43)c2c1. The molecule has 12 aromatic carbocycles. The van der Waals surface area contributed by atoms with E-state index < -0.39 is 0 Å². The van der Waals surface area contributed by atoms with E-state index in [4.69, 9.17) is 0 Å². The van der Waals surface area contributed by atoms with Gasteiger partial charge in [-0.15, -0.1) is 11.3 Å². The van der Waals surface area contributed by atoms with Crippen molar-refractivity contribution in [3.8, 4) is 46.0 Å². The molecule has 0 radical (unpaired) electrons. The monoisotopic (exact) mass is 1030 g/mol. The molecule has 0 unspecified atom stereocenters. The highest BCUT2D eigenvalue weighted by Gasteiger charge is 2.35. The van der Waals surface area contributed by atoms with Crippen molar-refractivity contribution >= 4 is 130 Å². The van der Waals surface area contributed by atoms with Crippen LogP contribution in [0, 0.1) is 29.6 Å². The van der Waals surface area contributed by atoms with E-state index in [0.29, 0.717) is 33.9 Å². The van der Waals surface area contributed by atoms with Gasteiger partial charge in [0, 0.05) is 63.3 Å².